The standard InChI is InChI=1S/C19H34N6O9/c1-9(26)15(19(33)34)25-17(31)11(5-6-14(28)29)23-18(32)12(8-13(22)27)24-16(30)10(21)4-2-3-7-20/h9-12,15,26H,2-8,20-21H2,1H3,(H2,22,27)(H,23,32)(H,24,30)(H,25,31)(H,28,29)(H,33,34). The first-order valence-corrected chi connectivity index (χ1v) is 10.6. The molecule has 0 aromatic carbocycles. The van der Waals surface area contributed by atoms with Crippen molar-refractivity contribution < 1.29 is 44.1 Å². The molecule has 15 nitrogen and oxygen atoms in total. The van der Waals surface area contributed by atoms with Crippen molar-refractivity contribution in [2.75, 3.05) is 6.54 Å². The van der Waals surface area contributed by atoms with Crippen LogP contribution in [0.15, 0.2) is 0 Å². The van der Waals surface area contributed by atoms with Gasteiger partial charge < -0.3 is 48.5 Å². The highest BCUT2D eigenvalue weighted by atomic mass is 16.4. The largest absolute Gasteiger partial charge is 0.481 e. The Balaban J connectivity index is 5.50. The molecule has 12 N–H and O–H groups in total. The number of amides is 4. The van der Waals surface area contributed by atoms with Crippen molar-refractivity contribution in [1.29, 1.82) is 0 Å². The molecular formula is C19H34N6O9. The maximum Gasteiger partial charge on any atom is 0.328 e. The molecule has 0 saturated carbocycles. The van der Waals surface area contributed by atoms with Crippen LogP contribution in [0.5, 0.6) is 0 Å². The van der Waals surface area contributed by atoms with Gasteiger partial charge in [0.1, 0.15) is 12.1 Å². The Morgan fingerprint density at radius 1 is 0.853 bits per heavy atom. The van der Waals surface area contributed by atoms with Gasteiger partial charge >= 0.3 is 11.9 Å². The van der Waals surface area contributed by atoms with E-state index in [0.29, 0.717) is 19.4 Å². The molecule has 0 fully saturated rings. The Hall–Kier alpha value is -3.30. The number of carbonyl (C=O) groups is 6. The van der Waals surface area contributed by atoms with E-state index in [1.54, 1.807) is 0 Å². The predicted molar refractivity (Wildman–Crippen MR) is 117 cm³/mol. The van der Waals surface area contributed by atoms with Crippen molar-refractivity contribution in [2.24, 2.45) is 17.2 Å². The molecule has 34 heavy (non-hydrogen) atoms. The molecule has 0 aliphatic heterocycles. The van der Waals surface area contributed by atoms with Crippen molar-refractivity contribution in [3.8, 4) is 0 Å². The number of aliphatic hydroxyl groups excluding tert-OH is 1. The Bertz CT molecular complexity index is 746. The van der Waals surface area contributed by atoms with Crippen molar-refractivity contribution >= 4 is 35.6 Å². The maximum atomic E-state index is 12.7. The quantitative estimate of drug-likeness (QED) is 0.0888. The number of carboxylic acids is 2. The van der Waals surface area contributed by atoms with E-state index in [4.69, 9.17) is 27.4 Å². The lowest BCUT2D eigenvalue weighted by atomic mass is 10.1. The predicted octanol–water partition coefficient (Wildman–Crippen LogP) is -3.90. The summed E-state index contributed by atoms with van der Waals surface area (Å²) in [6.07, 6.45) is -1.75. The number of nitrogens with one attached hydrogen (secondary N) is 3. The molecule has 5 unspecified atom stereocenters. The lowest BCUT2D eigenvalue weighted by molar-refractivity contribution is -0.145. The van der Waals surface area contributed by atoms with E-state index in [0.717, 1.165) is 6.92 Å². The number of aliphatic hydroxyl groups is 1. The fourth-order valence-electron chi connectivity index (χ4n) is 2.78. The first kappa shape index (κ1) is 30.7. The highest BCUT2D eigenvalue weighted by molar-refractivity contribution is 5.96. The van der Waals surface area contributed by atoms with Gasteiger partial charge in [-0.2, -0.15) is 0 Å². The van der Waals surface area contributed by atoms with Crippen LogP contribution in [-0.2, 0) is 28.8 Å². The van der Waals surface area contributed by atoms with Gasteiger partial charge in [-0.25, -0.2) is 4.79 Å². The highest BCUT2D eigenvalue weighted by Crippen LogP contribution is 2.05. The lowest BCUT2D eigenvalue weighted by Gasteiger charge is -2.25. The van der Waals surface area contributed by atoms with Crippen LogP contribution < -0.4 is 33.2 Å². The van der Waals surface area contributed by atoms with E-state index >= 15 is 0 Å². The monoisotopic (exact) mass is 490 g/mol. The molecule has 5 atom stereocenters. The minimum absolute atomic E-state index is 0.257. The second-order valence-corrected chi connectivity index (χ2v) is 7.68. The normalized spacial score (nSPS) is 15.2. The van der Waals surface area contributed by atoms with Crippen LogP contribution in [0.3, 0.4) is 0 Å². The van der Waals surface area contributed by atoms with Crippen molar-refractivity contribution in [2.45, 2.75) is 75.7 Å². The second kappa shape index (κ2) is 15.5. The summed E-state index contributed by atoms with van der Waals surface area (Å²) in [6, 6.07) is -5.83. The highest BCUT2D eigenvalue weighted by Gasteiger charge is 2.32. The number of hydrogen-bond acceptors (Lipinski definition) is 9. The van der Waals surface area contributed by atoms with Crippen LogP contribution in [-0.4, -0.2) is 87.7 Å². The summed E-state index contributed by atoms with van der Waals surface area (Å²) in [5.41, 5.74) is 16.3. The van der Waals surface area contributed by atoms with E-state index < -0.39 is 85.1 Å². The number of aliphatic carboxylic acids is 2. The van der Waals surface area contributed by atoms with Crippen LogP contribution in [0.1, 0.15) is 45.4 Å². The molecule has 4 amide bonds. The average Bonchev–Trinajstić information content (AvgIpc) is 2.72. The van der Waals surface area contributed by atoms with Gasteiger partial charge in [-0.3, -0.25) is 24.0 Å². The Labute approximate surface area is 195 Å². The molecule has 0 rings (SSSR count). The van der Waals surface area contributed by atoms with E-state index in [2.05, 4.69) is 10.6 Å². The third-order valence-corrected chi connectivity index (χ3v) is 4.67. The molecule has 0 bridgehead atoms. The van der Waals surface area contributed by atoms with Gasteiger partial charge in [-0.1, -0.05) is 6.42 Å². The molecule has 194 valence electrons. The molecule has 0 heterocycles. The zero-order chi connectivity index (χ0) is 26.4. The number of carboxylic acid groups (broad SMARTS) is 2. The van der Waals surface area contributed by atoms with Crippen molar-refractivity contribution in [3.63, 3.8) is 0 Å². The third-order valence-electron chi connectivity index (χ3n) is 4.67. The number of nitrogens with two attached hydrogens (primary N) is 3. The molecule has 0 aromatic rings. The topological polar surface area (TPSA) is 277 Å². The van der Waals surface area contributed by atoms with Gasteiger partial charge in [0.05, 0.1) is 18.6 Å². The number of rotatable bonds is 17. The summed E-state index contributed by atoms with van der Waals surface area (Å²) in [6.45, 7) is 1.51. The molecule has 15 heteroatoms. The summed E-state index contributed by atoms with van der Waals surface area (Å²) < 4.78 is 0. The fraction of sp³-hybridized carbons (Fsp3) is 0.684. The summed E-state index contributed by atoms with van der Waals surface area (Å²) in [7, 11) is 0. The van der Waals surface area contributed by atoms with Gasteiger partial charge in [-0.05, 0) is 32.7 Å². The van der Waals surface area contributed by atoms with Crippen LogP contribution in [0.4, 0.5) is 0 Å². The molecule has 0 radical (unpaired) electrons. The zero-order valence-electron chi connectivity index (χ0n) is 18.9. The minimum atomic E-state index is -1.73. The third kappa shape index (κ3) is 12.1. The zero-order valence-corrected chi connectivity index (χ0v) is 18.9. The summed E-state index contributed by atoms with van der Waals surface area (Å²) in [4.78, 5) is 71.1. The summed E-state index contributed by atoms with van der Waals surface area (Å²) >= 11 is 0. The van der Waals surface area contributed by atoms with Crippen LogP contribution in [0.2, 0.25) is 0 Å². The smallest absolute Gasteiger partial charge is 0.328 e. The van der Waals surface area contributed by atoms with Gasteiger partial charge in [0, 0.05) is 6.42 Å². The Morgan fingerprint density at radius 2 is 1.41 bits per heavy atom. The lowest BCUT2D eigenvalue weighted by Crippen LogP contribution is -2.58. The summed E-state index contributed by atoms with van der Waals surface area (Å²) in [5, 5.41) is 34.0. The van der Waals surface area contributed by atoms with Crippen molar-refractivity contribution in [3.05, 3.63) is 0 Å². The number of primary amides is 1. The van der Waals surface area contributed by atoms with E-state index in [-0.39, 0.29) is 6.42 Å². The maximum absolute atomic E-state index is 12.7. The van der Waals surface area contributed by atoms with Gasteiger partial charge in [0.25, 0.3) is 0 Å². The van der Waals surface area contributed by atoms with Gasteiger partial charge in [0.15, 0.2) is 6.04 Å². The van der Waals surface area contributed by atoms with E-state index in [1.807, 2.05) is 5.32 Å². The van der Waals surface area contributed by atoms with Gasteiger partial charge in [0.2, 0.25) is 23.6 Å². The van der Waals surface area contributed by atoms with Crippen LogP contribution in [0, 0.1) is 0 Å². The molecule has 0 spiro atoms. The first-order valence-electron chi connectivity index (χ1n) is 10.6. The molecule has 0 saturated heterocycles. The average molecular weight is 491 g/mol. The van der Waals surface area contributed by atoms with E-state index in [9.17, 15) is 33.9 Å². The second-order valence-electron chi connectivity index (χ2n) is 7.68. The number of carbonyl (C=O) groups excluding carboxylic acids is 4. The van der Waals surface area contributed by atoms with Crippen LogP contribution in [0.25, 0.3) is 0 Å². The molecule has 0 aliphatic rings. The van der Waals surface area contributed by atoms with Crippen molar-refractivity contribution in [1.82, 2.24) is 16.0 Å². The molecule has 0 aliphatic carbocycles. The molecular weight excluding hydrogens is 456 g/mol. The Kier molecular flexibility index (Phi) is 14.0. The number of unbranched alkanes of at least 4 members (excludes halogenated alkanes) is 1. The minimum Gasteiger partial charge on any atom is -0.481 e. The fourth-order valence-corrected chi connectivity index (χ4v) is 2.78. The number of hydrogen-bond donors (Lipinski definition) is 9. The first-order chi connectivity index (χ1) is 15.8. The SMILES string of the molecule is CC(O)C(NC(=O)C(CCC(=O)O)NC(=O)C(CC(N)=O)NC(=O)C(N)CCCCN)C(=O)O. The Morgan fingerprint density at radius 3 is 1.88 bits per heavy atom. The van der Waals surface area contributed by atoms with Crippen LogP contribution >= 0.6 is 0 Å². The van der Waals surface area contributed by atoms with Gasteiger partial charge in [-0.15, -0.1) is 0 Å². The van der Waals surface area contributed by atoms with E-state index in [1.165, 1.54) is 0 Å². The summed E-state index contributed by atoms with van der Waals surface area (Å²) in [5.74, 6) is -6.72. The molecule has 0 aromatic heterocycles.